The molecule has 2 unspecified atom stereocenters. The first-order chi connectivity index (χ1) is 15.3. The SMILES string of the molecule is CCCCCOc1ccc(C2Oc3ccccc3C3CC(c4ccccc4)=NN32)cc1. The molecular weight excluding hydrogens is 384 g/mol. The average molecular weight is 413 g/mol. The maximum absolute atomic E-state index is 6.45. The van der Waals surface area contributed by atoms with Crippen LogP contribution in [-0.2, 0) is 0 Å². The van der Waals surface area contributed by atoms with Crippen molar-refractivity contribution >= 4 is 5.71 Å². The topological polar surface area (TPSA) is 34.1 Å². The molecule has 0 fully saturated rings. The summed E-state index contributed by atoms with van der Waals surface area (Å²) < 4.78 is 12.3. The summed E-state index contributed by atoms with van der Waals surface area (Å²) in [5.41, 5.74) is 4.55. The minimum Gasteiger partial charge on any atom is -0.494 e. The normalized spacial score (nSPS) is 19.3. The fraction of sp³-hybridized carbons (Fsp3) is 0.296. The van der Waals surface area contributed by atoms with Crippen LogP contribution in [0.1, 0.15) is 61.6 Å². The lowest BCUT2D eigenvalue weighted by Crippen LogP contribution is -2.33. The lowest BCUT2D eigenvalue weighted by molar-refractivity contribution is -0.0190. The number of hydrazone groups is 1. The zero-order valence-electron chi connectivity index (χ0n) is 17.9. The first kappa shape index (κ1) is 19.7. The van der Waals surface area contributed by atoms with Gasteiger partial charge in [-0.1, -0.05) is 68.3 Å². The van der Waals surface area contributed by atoms with Gasteiger partial charge in [0.15, 0.2) is 0 Å². The van der Waals surface area contributed by atoms with Crippen LogP contribution in [0.15, 0.2) is 84.0 Å². The van der Waals surface area contributed by atoms with Crippen LogP contribution >= 0.6 is 0 Å². The van der Waals surface area contributed by atoms with Gasteiger partial charge in [0, 0.05) is 17.5 Å². The van der Waals surface area contributed by atoms with E-state index in [1.165, 1.54) is 24.0 Å². The summed E-state index contributed by atoms with van der Waals surface area (Å²) in [7, 11) is 0. The first-order valence-electron chi connectivity index (χ1n) is 11.2. The zero-order valence-corrected chi connectivity index (χ0v) is 17.9. The molecule has 2 atom stereocenters. The molecule has 158 valence electrons. The van der Waals surface area contributed by atoms with Crippen molar-refractivity contribution in [2.45, 2.75) is 44.9 Å². The Kier molecular flexibility index (Phi) is 5.61. The second-order valence-corrected chi connectivity index (χ2v) is 8.15. The van der Waals surface area contributed by atoms with Gasteiger partial charge in [-0.05, 0) is 42.3 Å². The molecule has 0 saturated heterocycles. The highest BCUT2D eigenvalue weighted by molar-refractivity contribution is 6.01. The summed E-state index contributed by atoms with van der Waals surface area (Å²) in [6, 6.07) is 27.2. The van der Waals surface area contributed by atoms with Crippen LogP contribution in [0.5, 0.6) is 11.5 Å². The Hall–Kier alpha value is -3.27. The van der Waals surface area contributed by atoms with Crippen LogP contribution in [0.3, 0.4) is 0 Å². The molecule has 3 aromatic rings. The second kappa shape index (κ2) is 8.84. The summed E-state index contributed by atoms with van der Waals surface area (Å²) in [6.07, 6.45) is 4.11. The summed E-state index contributed by atoms with van der Waals surface area (Å²) in [5.74, 6) is 1.85. The van der Waals surface area contributed by atoms with Crippen molar-refractivity contribution in [3.63, 3.8) is 0 Å². The standard InChI is InChI=1S/C27H28N2O2/c1-2-3-9-18-30-22-16-14-21(15-17-22)27-29-25(23-12-7-8-13-26(23)31-27)19-24(28-29)20-10-5-4-6-11-20/h4-8,10-17,25,27H,2-3,9,18-19H2,1H3. The van der Waals surface area contributed by atoms with Crippen molar-refractivity contribution < 1.29 is 9.47 Å². The zero-order chi connectivity index (χ0) is 21.0. The molecule has 0 bridgehead atoms. The van der Waals surface area contributed by atoms with Gasteiger partial charge in [-0.3, -0.25) is 0 Å². The van der Waals surface area contributed by atoms with Crippen LogP contribution < -0.4 is 9.47 Å². The Bertz CT molecular complexity index is 1050. The molecule has 0 amide bonds. The summed E-state index contributed by atoms with van der Waals surface area (Å²) >= 11 is 0. The molecule has 4 heteroatoms. The van der Waals surface area contributed by atoms with E-state index < -0.39 is 0 Å². The predicted molar refractivity (Wildman–Crippen MR) is 123 cm³/mol. The monoisotopic (exact) mass is 412 g/mol. The Morgan fingerprint density at radius 2 is 1.71 bits per heavy atom. The average Bonchev–Trinajstić information content (AvgIpc) is 3.28. The van der Waals surface area contributed by atoms with Crippen molar-refractivity contribution in [3.8, 4) is 11.5 Å². The minimum atomic E-state index is -0.254. The minimum absolute atomic E-state index is 0.176. The molecule has 0 radical (unpaired) electrons. The molecule has 3 aromatic carbocycles. The van der Waals surface area contributed by atoms with E-state index in [0.717, 1.165) is 42.2 Å². The third-order valence-electron chi connectivity index (χ3n) is 5.99. The number of para-hydroxylation sites is 1. The van der Waals surface area contributed by atoms with Crippen LogP contribution in [0, 0.1) is 0 Å². The third kappa shape index (κ3) is 4.02. The fourth-order valence-electron chi connectivity index (χ4n) is 4.33. The second-order valence-electron chi connectivity index (χ2n) is 8.15. The number of fused-ring (bicyclic) bond motifs is 3. The number of hydrogen-bond donors (Lipinski definition) is 0. The smallest absolute Gasteiger partial charge is 0.213 e. The van der Waals surface area contributed by atoms with Crippen molar-refractivity contribution in [2.24, 2.45) is 5.10 Å². The van der Waals surface area contributed by atoms with Crippen LogP contribution in [-0.4, -0.2) is 17.3 Å². The summed E-state index contributed by atoms with van der Waals surface area (Å²) in [6.45, 7) is 2.97. The van der Waals surface area contributed by atoms with E-state index in [1.54, 1.807) is 0 Å². The molecule has 0 aliphatic carbocycles. The molecule has 0 spiro atoms. The molecule has 0 N–H and O–H groups in total. The Morgan fingerprint density at radius 3 is 2.52 bits per heavy atom. The van der Waals surface area contributed by atoms with Gasteiger partial charge in [0.1, 0.15) is 11.5 Å². The molecular formula is C27H28N2O2. The van der Waals surface area contributed by atoms with Gasteiger partial charge < -0.3 is 9.47 Å². The van der Waals surface area contributed by atoms with E-state index in [-0.39, 0.29) is 12.3 Å². The van der Waals surface area contributed by atoms with E-state index >= 15 is 0 Å². The highest BCUT2D eigenvalue weighted by Gasteiger charge is 2.40. The number of hydrogen-bond acceptors (Lipinski definition) is 4. The quantitative estimate of drug-likeness (QED) is 0.416. The molecule has 2 aliphatic heterocycles. The number of ether oxygens (including phenoxy) is 2. The van der Waals surface area contributed by atoms with Gasteiger partial charge in [0.2, 0.25) is 6.23 Å². The summed E-state index contributed by atoms with van der Waals surface area (Å²) in [4.78, 5) is 0. The Labute approximate surface area is 184 Å². The Morgan fingerprint density at radius 1 is 0.935 bits per heavy atom. The maximum Gasteiger partial charge on any atom is 0.213 e. The van der Waals surface area contributed by atoms with E-state index in [4.69, 9.17) is 14.6 Å². The molecule has 2 heterocycles. The van der Waals surface area contributed by atoms with Crippen molar-refractivity contribution in [1.29, 1.82) is 0 Å². The Balaban J connectivity index is 1.42. The number of nitrogens with zero attached hydrogens (tertiary/aromatic N) is 2. The van der Waals surface area contributed by atoms with Gasteiger partial charge in [0.25, 0.3) is 0 Å². The third-order valence-corrected chi connectivity index (χ3v) is 5.99. The molecule has 5 rings (SSSR count). The lowest BCUT2D eigenvalue weighted by atomic mass is 9.96. The highest BCUT2D eigenvalue weighted by atomic mass is 16.5. The van der Waals surface area contributed by atoms with Gasteiger partial charge in [-0.25, -0.2) is 5.01 Å². The van der Waals surface area contributed by atoms with Gasteiger partial charge >= 0.3 is 0 Å². The fourth-order valence-corrected chi connectivity index (χ4v) is 4.33. The molecule has 0 aromatic heterocycles. The highest BCUT2D eigenvalue weighted by Crippen LogP contribution is 2.47. The van der Waals surface area contributed by atoms with Crippen molar-refractivity contribution in [2.75, 3.05) is 6.61 Å². The number of benzene rings is 3. The van der Waals surface area contributed by atoms with Crippen LogP contribution in [0.25, 0.3) is 0 Å². The van der Waals surface area contributed by atoms with E-state index in [1.807, 2.05) is 24.3 Å². The van der Waals surface area contributed by atoms with E-state index in [9.17, 15) is 0 Å². The molecule has 2 aliphatic rings. The number of unbranched alkanes of at least 4 members (excludes halogenated alkanes) is 2. The number of rotatable bonds is 7. The molecule has 4 nitrogen and oxygen atoms in total. The lowest BCUT2D eigenvalue weighted by Gasteiger charge is -2.38. The molecule has 31 heavy (non-hydrogen) atoms. The van der Waals surface area contributed by atoms with E-state index in [2.05, 4.69) is 66.5 Å². The maximum atomic E-state index is 6.45. The molecule has 0 saturated carbocycles. The van der Waals surface area contributed by atoms with E-state index in [0.29, 0.717) is 0 Å². The van der Waals surface area contributed by atoms with Crippen molar-refractivity contribution in [1.82, 2.24) is 5.01 Å². The van der Waals surface area contributed by atoms with Gasteiger partial charge in [0.05, 0.1) is 18.4 Å². The van der Waals surface area contributed by atoms with Crippen molar-refractivity contribution in [3.05, 3.63) is 95.6 Å². The largest absolute Gasteiger partial charge is 0.494 e. The predicted octanol–water partition coefficient (Wildman–Crippen LogP) is 6.50. The van der Waals surface area contributed by atoms with Gasteiger partial charge in [-0.15, -0.1) is 0 Å². The van der Waals surface area contributed by atoms with Gasteiger partial charge in [-0.2, -0.15) is 5.10 Å². The first-order valence-corrected chi connectivity index (χ1v) is 11.2. The van der Waals surface area contributed by atoms with Crippen LogP contribution in [0.4, 0.5) is 0 Å². The summed E-state index contributed by atoms with van der Waals surface area (Å²) in [5, 5.41) is 7.15. The van der Waals surface area contributed by atoms with Crippen LogP contribution in [0.2, 0.25) is 0 Å².